The highest BCUT2D eigenvalue weighted by Gasteiger charge is 2.33. The normalized spacial score (nSPS) is 14.7. The summed E-state index contributed by atoms with van der Waals surface area (Å²) in [5.41, 5.74) is 6.47. The Labute approximate surface area is 211 Å². The monoisotopic (exact) mass is 479 g/mol. The lowest BCUT2D eigenvalue weighted by Gasteiger charge is -2.38. The van der Waals surface area contributed by atoms with Crippen LogP contribution in [-0.4, -0.2) is 22.9 Å². The molecule has 0 radical (unpaired) electrons. The molecule has 0 spiro atoms. The van der Waals surface area contributed by atoms with Gasteiger partial charge in [-0.05, 0) is 66.4 Å². The van der Waals surface area contributed by atoms with Crippen molar-refractivity contribution in [2.75, 3.05) is 12.4 Å². The van der Waals surface area contributed by atoms with Crippen molar-refractivity contribution in [2.24, 2.45) is 0 Å². The van der Waals surface area contributed by atoms with Gasteiger partial charge < -0.3 is 19.7 Å². The smallest absolute Gasteiger partial charge is 0.258 e. The molecule has 4 aromatic rings. The first-order chi connectivity index (χ1) is 17.5. The zero-order chi connectivity index (χ0) is 25.1. The minimum atomic E-state index is -0.363. The lowest BCUT2D eigenvalue weighted by Crippen LogP contribution is -2.42. The number of nitrogens with zero attached hydrogens (tertiary/aromatic N) is 2. The van der Waals surface area contributed by atoms with Crippen molar-refractivity contribution in [3.63, 3.8) is 0 Å². The predicted octanol–water partition coefficient (Wildman–Crippen LogP) is 6.05. The molecule has 5 rings (SSSR count). The number of methoxy groups -OCH3 is 1. The summed E-state index contributed by atoms with van der Waals surface area (Å²) in [4.78, 5) is 19.7. The molecule has 1 aliphatic heterocycles. The number of rotatable bonds is 7. The molecule has 3 aromatic carbocycles. The van der Waals surface area contributed by atoms with Crippen LogP contribution in [0, 0.1) is 13.8 Å². The molecule has 1 amide bonds. The number of para-hydroxylation sites is 2. The SMILES string of the molecule is COc1ccc(C2Nc3ccccc3C(=O)N2Cc2cccnc2)cc1COc1c(C)cccc1C. The van der Waals surface area contributed by atoms with Gasteiger partial charge in [0.1, 0.15) is 24.3 Å². The molecule has 1 unspecified atom stereocenters. The van der Waals surface area contributed by atoms with Crippen molar-refractivity contribution in [2.45, 2.75) is 33.2 Å². The number of anilines is 1. The van der Waals surface area contributed by atoms with Crippen molar-refractivity contribution in [3.8, 4) is 11.5 Å². The van der Waals surface area contributed by atoms with E-state index in [1.807, 2.05) is 85.5 Å². The van der Waals surface area contributed by atoms with Crippen molar-refractivity contribution in [1.82, 2.24) is 9.88 Å². The number of amides is 1. The van der Waals surface area contributed by atoms with Crippen LogP contribution in [0.25, 0.3) is 0 Å². The van der Waals surface area contributed by atoms with Crippen LogP contribution in [0.5, 0.6) is 11.5 Å². The molecule has 0 fully saturated rings. The summed E-state index contributed by atoms with van der Waals surface area (Å²) in [7, 11) is 1.66. The summed E-state index contributed by atoms with van der Waals surface area (Å²) >= 11 is 0. The van der Waals surface area contributed by atoms with Gasteiger partial charge in [-0.2, -0.15) is 0 Å². The molecule has 0 bridgehead atoms. The fourth-order valence-corrected chi connectivity index (χ4v) is 4.67. The third kappa shape index (κ3) is 4.62. The molecule has 182 valence electrons. The Balaban J connectivity index is 1.50. The zero-order valence-electron chi connectivity index (χ0n) is 20.7. The first-order valence-corrected chi connectivity index (χ1v) is 12.0. The lowest BCUT2D eigenvalue weighted by atomic mass is 10.0. The molecule has 6 heteroatoms. The molecule has 0 saturated carbocycles. The Morgan fingerprint density at radius 2 is 1.78 bits per heavy atom. The predicted molar refractivity (Wildman–Crippen MR) is 140 cm³/mol. The highest BCUT2D eigenvalue weighted by molar-refractivity contribution is 6.01. The van der Waals surface area contributed by atoms with Gasteiger partial charge in [-0.1, -0.05) is 42.5 Å². The maximum Gasteiger partial charge on any atom is 0.258 e. The van der Waals surface area contributed by atoms with Gasteiger partial charge in [0.25, 0.3) is 5.91 Å². The topological polar surface area (TPSA) is 63.7 Å². The number of hydrogen-bond donors (Lipinski definition) is 1. The fraction of sp³-hybridized carbons (Fsp3) is 0.200. The molecule has 1 atom stereocenters. The first kappa shape index (κ1) is 23.4. The number of fused-ring (bicyclic) bond motifs is 1. The summed E-state index contributed by atoms with van der Waals surface area (Å²) in [5.74, 6) is 1.59. The van der Waals surface area contributed by atoms with E-state index >= 15 is 0 Å². The van der Waals surface area contributed by atoms with Crippen LogP contribution >= 0.6 is 0 Å². The average Bonchev–Trinajstić information content (AvgIpc) is 2.90. The number of ether oxygens (including phenoxy) is 2. The molecule has 0 saturated heterocycles. The molecule has 1 aromatic heterocycles. The Morgan fingerprint density at radius 3 is 2.53 bits per heavy atom. The minimum absolute atomic E-state index is 0.0256. The second-order valence-corrected chi connectivity index (χ2v) is 8.97. The van der Waals surface area contributed by atoms with Gasteiger partial charge >= 0.3 is 0 Å². The highest BCUT2D eigenvalue weighted by Crippen LogP contribution is 2.36. The zero-order valence-corrected chi connectivity index (χ0v) is 20.7. The summed E-state index contributed by atoms with van der Waals surface area (Å²) in [5, 5.41) is 3.57. The van der Waals surface area contributed by atoms with Gasteiger partial charge in [-0.3, -0.25) is 9.78 Å². The van der Waals surface area contributed by atoms with E-state index in [0.29, 0.717) is 18.7 Å². The molecule has 6 nitrogen and oxygen atoms in total. The number of nitrogens with one attached hydrogen (secondary N) is 1. The maximum atomic E-state index is 13.6. The average molecular weight is 480 g/mol. The van der Waals surface area contributed by atoms with Crippen molar-refractivity contribution in [3.05, 3.63) is 119 Å². The number of carbonyl (C=O) groups is 1. The van der Waals surface area contributed by atoms with Gasteiger partial charge in [-0.25, -0.2) is 0 Å². The van der Waals surface area contributed by atoms with Gasteiger partial charge in [0.05, 0.1) is 12.7 Å². The van der Waals surface area contributed by atoms with Crippen LogP contribution in [-0.2, 0) is 13.2 Å². The van der Waals surface area contributed by atoms with Gasteiger partial charge in [0.15, 0.2) is 0 Å². The number of carbonyl (C=O) groups excluding carboxylic acids is 1. The number of aromatic nitrogens is 1. The number of aryl methyl sites for hydroxylation is 2. The summed E-state index contributed by atoms with van der Waals surface area (Å²) in [6, 6.07) is 23.6. The van der Waals surface area contributed by atoms with Crippen molar-refractivity contribution >= 4 is 11.6 Å². The lowest BCUT2D eigenvalue weighted by molar-refractivity contribution is 0.0666. The molecule has 2 heterocycles. The molecular formula is C30H29N3O3. The second-order valence-electron chi connectivity index (χ2n) is 8.97. The van der Waals surface area contributed by atoms with E-state index in [1.165, 1.54) is 0 Å². The van der Waals surface area contributed by atoms with Crippen LogP contribution in [0.15, 0.2) is 85.2 Å². The standard InChI is InChI=1S/C30H29N3O3/c1-20-8-6-9-21(2)28(20)36-19-24-16-23(13-14-27(24)35-3)29-32-26-12-5-4-11-25(26)30(34)33(29)18-22-10-7-15-31-17-22/h4-17,29,32H,18-19H2,1-3H3. The van der Waals surface area contributed by atoms with E-state index in [-0.39, 0.29) is 12.1 Å². The Hall–Kier alpha value is -4.32. The van der Waals surface area contributed by atoms with E-state index in [2.05, 4.69) is 16.4 Å². The fourth-order valence-electron chi connectivity index (χ4n) is 4.67. The van der Waals surface area contributed by atoms with Crippen LogP contribution in [0.1, 0.15) is 44.3 Å². The second kappa shape index (κ2) is 10.1. The van der Waals surface area contributed by atoms with Gasteiger partial charge in [0, 0.05) is 30.2 Å². The molecule has 1 aliphatic rings. The summed E-state index contributed by atoms with van der Waals surface area (Å²) < 4.78 is 11.9. The third-order valence-electron chi connectivity index (χ3n) is 6.50. The molecular weight excluding hydrogens is 450 g/mol. The van der Waals surface area contributed by atoms with Crippen LogP contribution in [0.4, 0.5) is 5.69 Å². The third-order valence-corrected chi connectivity index (χ3v) is 6.50. The number of hydrogen-bond acceptors (Lipinski definition) is 5. The Kier molecular flexibility index (Phi) is 6.58. The quantitative estimate of drug-likeness (QED) is 0.349. The largest absolute Gasteiger partial charge is 0.496 e. The van der Waals surface area contributed by atoms with Crippen molar-refractivity contribution in [1.29, 1.82) is 0 Å². The maximum absolute atomic E-state index is 13.6. The van der Waals surface area contributed by atoms with E-state index in [9.17, 15) is 4.79 Å². The van der Waals surface area contributed by atoms with Crippen LogP contribution in [0.3, 0.4) is 0 Å². The Bertz CT molecular complexity index is 1370. The van der Waals surface area contributed by atoms with Crippen LogP contribution in [0.2, 0.25) is 0 Å². The molecule has 0 aliphatic carbocycles. The van der Waals surface area contributed by atoms with Gasteiger partial charge in [0.2, 0.25) is 0 Å². The highest BCUT2D eigenvalue weighted by atomic mass is 16.5. The minimum Gasteiger partial charge on any atom is -0.496 e. The van der Waals surface area contributed by atoms with E-state index in [4.69, 9.17) is 9.47 Å². The summed E-state index contributed by atoms with van der Waals surface area (Å²) in [6.07, 6.45) is 3.17. The van der Waals surface area contributed by atoms with Crippen LogP contribution < -0.4 is 14.8 Å². The van der Waals surface area contributed by atoms with Gasteiger partial charge in [-0.15, -0.1) is 0 Å². The number of pyridine rings is 1. The number of benzene rings is 3. The summed E-state index contributed by atoms with van der Waals surface area (Å²) in [6.45, 7) is 4.87. The molecule has 1 N–H and O–H groups in total. The Morgan fingerprint density at radius 1 is 0.972 bits per heavy atom. The first-order valence-electron chi connectivity index (χ1n) is 12.0. The van der Waals surface area contributed by atoms with E-state index in [1.54, 1.807) is 19.5 Å². The molecule has 36 heavy (non-hydrogen) atoms. The van der Waals surface area contributed by atoms with E-state index in [0.717, 1.165) is 45.0 Å². The van der Waals surface area contributed by atoms with Crippen molar-refractivity contribution < 1.29 is 14.3 Å². The van der Waals surface area contributed by atoms with E-state index < -0.39 is 0 Å².